The van der Waals surface area contributed by atoms with E-state index in [4.69, 9.17) is 5.73 Å². The van der Waals surface area contributed by atoms with Gasteiger partial charge in [0, 0.05) is 11.0 Å². The smallest absolute Gasteiger partial charge is 0.0915 e. The molecule has 1 rings (SSSR count). The van der Waals surface area contributed by atoms with Crippen molar-refractivity contribution < 1.29 is 5.11 Å². The lowest BCUT2D eigenvalue weighted by atomic mass is 10.0. The second kappa shape index (κ2) is 4.22. The molecule has 0 amide bonds. The van der Waals surface area contributed by atoms with Gasteiger partial charge in [-0.3, -0.25) is 0 Å². The van der Waals surface area contributed by atoms with E-state index in [0.29, 0.717) is 0 Å². The molecule has 0 spiro atoms. The van der Waals surface area contributed by atoms with Crippen LogP contribution in [0.4, 0.5) is 0 Å². The van der Waals surface area contributed by atoms with Crippen LogP contribution in [0, 0.1) is 13.8 Å². The van der Waals surface area contributed by atoms with Crippen LogP contribution >= 0.6 is 15.9 Å². The molecule has 0 bridgehead atoms. The first-order chi connectivity index (χ1) is 6.06. The van der Waals surface area contributed by atoms with E-state index in [1.807, 2.05) is 26.0 Å². The van der Waals surface area contributed by atoms with Gasteiger partial charge in [-0.05, 0) is 36.6 Å². The van der Waals surface area contributed by atoms with Gasteiger partial charge in [0.2, 0.25) is 0 Å². The van der Waals surface area contributed by atoms with Crippen LogP contribution in [0.1, 0.15) is 22.8 Å². The third kappa shape index (κ3) is 2.30. The van der Waals surface area contributed by atoms with Gasteiger partial charge >= 0.3 is 0 Å². The maximum absolute atomic E-state index is 9.61. The minimum absolute atomic E-state index is 0.261. The van der Waals surface area contributed by atoms with Crippen LogP contribution < -0.4 is 5.73 Å². The second-order valence-corrected chi connectivity index (χ2v) is 4.07. The first-order valence-electron chi connectivity index (χ1n) is 4.21. The molecule has 13 heavy (non-hydrogen) atoms. The molecule has 0 aromatic heterocycles. The van der Waals surface area contributed by atoms with Crippen LogP contribution in [0.25, 0.3) is 0 Å². The Morgan fingerprint density at radius 2 is 2.08 bits per heavy atom. The minimum Gasteiger partial charge on any atom is -0.387 e. The van der Waals surface area contributed by atoms with Crippen LogP contribution in [-0.4, -0.2) is 11.7 Å². The van der Waals surface area contributed by atoms with Gasteiger partial charge < -0.3 is 10.8 Å². The van der Waals surface area contributed by atoms with Crippen LogP contribution in [0.2, 0.25) is 0 Å². The molecule has 0 saturated carbocycles. The number of nitrogens with two attached hydrogens (primary N) is 1. The molecule has 1 aromatic carbocycles. The average molecular weight is 244 g/mol. The third-order valence-corrected chi connectivity index (χ3v) is 2.93. The SMILES string of the molecule is Cc1cc(Br)c(C)c(C(O)CN)c1. The molecule has 1 unspecified atom stereocenters. The Hall–Kier alpha value is -0.380. The van der Waals surface area contributed by atoms with E-state index in [2.05, 4.69) is 15.9 Å². The molecule has 0 saturated heterocycles. The van der Waals surface area contributed by atoms with E-state index < -0.39 is 6.10 Å². The molecule has 3 heteroatoms. The molecule has 0 heterocycles. The van der Waals surface area contributed by atoms with Crippen LogP contribution in [0.15, 0.2) is 16.6 Å². The third-order valence-electron chi connectivity index (χ3n) is 2.11. The normalized spacial score (nSPS) is 13.0. The summed E-state index contributed by atoms with van der Waals surface area (Å²) in [7, 11) is 0. The van der Waals surface area contributed by atoms with Crippen LogP contribution in [-0.2, 0) is 0 Å². The highest BCUT2D eigenvalue weighted by molar-refractivity contribution is 9.10. The van der Waals surface area contributed by atoms with Crippen LogP contribution in [0.5, 0.6) is 0 Å². The van der Waals surface area contributed by atoms with Crippen molar-refractivity contribution >= 4 is 15.9 Å². The summed E-state index contributed by atoms with van der Waals surface area (Å²) in [5, 5.41) is 9.61. The topological polar surface area (TPSA) is 46.2 Å². The maximum atomic E-state index is 9.61. The van der Waals surface area contributed by atoms with Crippen molar-refractivity contribution in [1.29, 1.82) is 0 Å². The summed E-state index contributed by atoms with van der Waals surface area (Å²) in [6, 6.07) is 4.00. The summed E-state index contributed by atoms with van der Waals surface area (Å²) in [6.45, 7) is 4.23. The molecule has 2 nitrogen and oxygen atoms in total. The Bertz CT molecular complexity index is 312. The van der Waals surface area contributed by atoms with Gasteiger partial charge in [-0.2, -0.15) is 0 Å². The van der Waals surface area contributed by atoms with E-state index in [1.165, 1.54) is 0 Å². The van der Waals surface area contributed by atoms with Gasteiger partial charge in [0.1, 0.15) is 0 Å². The fourth-order valence-corrected chi connectivity index (χ4v) is 1.90. The molecule has 0 aliphatic rings. The zero-order valence-electron chi connectivity index (χ0n) is 7.84. The highest BCUT2D eigenvalue weighted by Gasteiger charge is 2.10. The number of rotatable bonds is 2. The zero-order chi connectivity index (χ0) is 10.0. The fraction of sp³-hybridized carbons (Fsp3) is 0.400. The fourth-order valence-electron chi connectivity index (χ4n) is 1.31. The molecular weight excluding hydrogens is 230 g/mol. The molecule has 1 aromatic rings. The predicted molar refractivity (Wildman–Crippen MR) is 57.6 cm³/mol. The van der Waals surface area contributed by atoms with E-state index in [-0.39, 0.29) is 6.54 Å². The van der Waals surface area contributed by atoms with E-state index >= 15 is 0 Å². The Morgan fingerprint density at radius 3 is 2.62 bits per heavy atom. The lowest BCUT2D eigenvalue weighted by molar-refractivity contribution is 0.186. The number of hydrogen-bond acceptors (Lipinski definition) is 2. The highest BCUT2D eigenvalue weighted by atomic mass is 79.9. The first-order valence-corrected chi connectivity index (χ1v) is 5.00. The Kier molecular flexibility index (Phi) is 3.47. The molecule has 3 N–H and O–H groups in total. The van der Waals surface area contributed by atoms with Crippen molar-refractivity contribution in [3.63, 3.8) is 0 Å². The van der Waals surface area contributed by atoms with Gasteiger partial charge in [0.15, 0.2) is 0 Å². The van der Waals surface area contributed by atoms with E-state index in [1.54, 1.807) is 0 Å². The summed E-state index contributed by atoms with van der Waals surface area (Å²) in [5.74, 6) is 0. The van der Waals surface area contributed by atoms with Gasteiger partial charge in [0.05, 0.1) is 6.10 Å². The molecule has 0 radical (unpaired) electrons. The lowest BCUT2D eigenvalue weighted by Gasteiger charge is -2.13. The number of hydrogen-bond donors (Lipinski definition) is 2. The van der Waals surface area contributed by atoms with Crippen LogP contribution in [0.3, 0.4) is 0 Å². The Labute approximate surface area is 86.9 Å². The summed E-state index contributed by atoms with van der Waals surface area (Å²) in [4.78, 5) is 0. The highest BCUT2D eigenvalue weighted by Crippen LogP contribution is 2.25. The minimum atomic E-state index is -0.559. The van der Waals surface area contributed by atoms with E-state index in [0.717, 1.165) is 21.2 Å². The largest absolute Gasteiger partial charge is 0.387 e. The molecule has 72 valence electrons. The summed E-state index contributed by atoms with van der Waals surface area (Å²) < 4.78 is 1.02. The van der Waals surface area contributed by atoms with Crippen molar-refractivity contribution in [3.8, 4) is 0 Å². The number of aryl methyl sites for hydroxylation is 1. The van der Waals surface area contributed by atoms with Crippen molar-refractivity contribution in [1.82, 2.24) is 0 Å². The predicted octanol–water partition coefficient (Wildman–Crippen LogP) is 2.06. The standard InChI is InChI=1S/C10H14BrNO/c1-6-3-8(10(13)5-12)7(2)9(11)4-6/h3-4,10,13H,5,12H2,1-2H3. The zero-order valence-corrected chi connectivity index (χ0v) is 9.43. The van der Waals surface area contributed by atoms with Crippen molar-refractivity contribution in [3.05, 3.63) is 33.3 Å². The summed E-state index contributed by atoms with van der Waals surface area (Å²) >= 11 is 3.44. The second-order valence-electron chi connectivity index (χ2n) is 3.21. The molecule has 0 aliphatic carbocycles. The van der Waals surface area contributed by atoms with Crippen molar-refractivity contribution in [2.24, 2.45) is 5.73 Å². The summed E-state index contributed by atoms with van der Waals surface area (Å²) in [6.07, 6.45) is -0.559. The number of halogens is 1. The number of benzene rings is 1. The molecule has 0 fully saturated rings. The number of aliphatic hydroxyl groups is 1. The monoisotopic (exact) mass is 243 g/mol. The first kappa shape index (κ1) is 10.7. The van der Waals surface area contributed by atoms with E-state index in [9.17, 15) is 5.11 Å². The van der Waals surface area contributed by atoms with Gasteiger partial charge in [0.25, 0.3) is 0 Å². The molecule has 1 atom stereocenters. The van der Waals surface area contributed by atoms with Crippen molar-refractivity contribution in [2.45, 2.75) is 20.0 Å². The Morgan fingerprint density at radius 1 is 1.46 bits per heavy atom. The van der Waals surface area contributed by atoms with Gasteiger partial charge in [-0.25, -0.2) is 0 Å². The number of aliphatic hydroxyl groups excluding tert-OH is 1. The molecular formula is C10H14BrNO. The maximum Gasteiger partial charge on any atom is 0.0915 e. The van der Waals surface area contributed by atoms with Gasteiger partial charge in [-0.15, -0.1) is 0 Å². The van der Waals surface area contributed by atoms with Gasteiger partial charge in [-0.1, -0.05) is 22.0 Å². The van der Waals surface area contributed by atoms with Crippen molar-refractivity contribution in [2.75, 3.05) is 6.54 Å². The quantitative estimate of drug-likeness (QED) is 0.836. The lowest BCUT2D eigenvalue weighted by Crippen LogP contribution is -2.13. The average Bonchev–Trinajstić information content (AvgIpc) is 2.10. The summed E-state index contributed by atoms with van der Waals surface area (Å²) in [5.41, 5.74) is 8.50. The molecule has 0 aliphatic heterocycles. The Balaban J connectivity index is 3.20.